The summed E-state index contributed by atoms with van der Waals surface area (Å²) < 4.78 is 29.7. The van der Waals surface area contributed by atoms with Crippen LogP contribution in [0.1, 0.15) is 0 Å². The van der Waals surface area contributed by atoms with Gasteiger partial charge in [0.15, 0.2) is 0 Å². The Bertz CT molecular complexity index is 238. The molecule has 0 aliphatic carbocycles. The second-order valence-corrected chi connectivity index (χ2v) is 4.04. The average Bonchev–Trinajstić information content (AvgIpc) is 1.80. The SMILES string of the molecule is O=C([Se])[C@H](CS)NS(=O)(=O)O. The normalized spacial score (nSPS) is 14.4. The molecule has 0 unspecified atom stereocenters. The van der Waals surface area contributed by atoms with E-state index in [4.69, 9.17) is 4.55 Å². The number of carbonyl (C=O) groups excluding carboxylic acids is 1. The zero-order valence-electron chi connectivity index (χ0n) is 5.22. The predicted molar refractivity (Wildman–Crippen MR) is 43.1 cm³/mol. The van der Waals surface area contributed by atoms with Crippen molar-refractivity contribution in [1.29, 1.82) is 0 Å². The molecule has 0 aromatic rings. The summed E-state index contributed by atoms with van der Waals surface area (Å²) in [5, 5.41) is 0. The third-order valence-corrected chi connectivity index (χ3v) is 2.30. The molecule has 65 valence electrons. The molecule has 0 fully saturated rings. The summed E-state index contributed by atoms with van der Waals surface area (Å²) in [6.45, 7) is 0. The Labute approximate surface area is 78.0 Å². The van der Waals surface area contributed by atoms with Gasteiger partial charge < -0.3 is 0 Å². The Hall–Kier alpha value is 0.409. The summed E-state index contributed by atoms with van der Waals surface area (Å²) in [6, 6.07) is -1.01. The molecule has 11 heavy (non-hydrogen) atoms. The van der Waals surface area contributed by atoms with Crippen LogP contribution in [0.25, 0.3) is 0 Å². The molecule has 1 radical (unpaired) electrons. The van der Waals surface area contributed by atoms with E-state index in [1.54, 1.807) is 4.72 Å². The monoisotopic (exact) mass is 264 g/mol. The Balaban J connectivity index is 4.22. The van der Waals surface area contributed by atoms with Crippen LogP contribution in [0.5, 0.6) is 0 Å². The molecule has 0 aromatic carbocycles. The van der Waals surface area contributed by atoms with E-state index in [0.717, 1.165) is 0 Å². The molecule has 0 amide bonds. The van der Waals surface area contributed by atoms with E-state index in [1.165, 1.54) is 0 Å². The van der Waals surface area contributed by atoms with Crippen LogP contribution >= 0.6 is 12.6 Å². The van der Waals surface area contributed by atoms with E-state index in [1.807, 2.05) is 0 Å². The molecule has 0 aromatic heterocycles. The van der Waals surface area contributed by atoms with Crippen molar-refractivity contribution in [1.82, 2.24) is 4.72 Å². The van der Waals surface area contributed by atoms with Gasteiger partial charge in [-0.05, 0) is 0 Å². The van der Waals surface area contributed by atoms with Crippen molar-refractivity contribution >= 4 is 43.6 Å². The molecule has 5 nitrogen and oxygen atoms in total. The van der Waals surface area contributed by atoms with Gasteiger partial charge in [-0.1, -0.05) is 0 Å². The molecule has 0 saturated carbocycles. The van der Waals surface area contributed by atoms with Crippen LogP contribution in [0, 0.1) is 0 Å². The molecule has 0 aliphatic heterocycles. The first-order chi connectivity index (χ1) is 4.87. The molecule has 0 spiro atoms. The van der Waals surface area contributed by atoms with E-state index in [9.17, 15) is 13.2 Å². The Morgan fingerprint density at radius 3 is 2.27 bits per heavy atom. The molecular formula is C3H6NO4S2Se. The Morgan fingerprint density at radius 2 is 2.18 bits per heavy atom. The van der Waals surface area contributed by atoms with Crippen LogP contribution in [0.4, 0.5) is 0 Å². The minimum atomic E-state index is -4.32. The van der Waals surface area contributed by atoms with Gasteiger partial charge in [-0.3, -0.25) is 0 Å². The van der Waals surface area contributed by atoms with Gasteiger partial charge in [0.05, 0.1) is 0 Å². The standard InChI is InChI=1S/C3H6NO4S2Se/c5-3(11)2(1-9)4-10(6,7)8/h2,4,9H,1H2,(H,6,7,8)/t2-/m0/s1. The van der Waals surface area contributed by atoms with Gasteiger partial charge >= 0.3 is 77.9 Å². The third-order valence-electron chi connectivity index (χ3n) is 0.758. The summed E-state index contributed by atoms with van der Waals surface area (Å²) >= 11 is 5.78. The average molecular weight is 263 g/mol. The molecular weight excluding hydrogens is 257 g/mol. The van der Waals surface area contributed by atoms with Crippen LogP contribution in [-0.4, -0.2) is 45.5 Å². The zero-order valence-corrected chi connectivity index (χ0v) is 8.64. The molecule has 0 bridgehead atoms. The molecule has 0 aliphatic rings. The summed E-state index contributed by atoms with van der Waals surface area (Å²) in [5.74, 6) is -0.00831. The number of thiol groups is 1. The van der Waals surface area contributed by atoms with Crippen molar-refractivity contribution in [3.63, 3.8) is 0 Å². The second kappa shape index (κ2) is 4.44. The quantitative estimate of drug-likeness (QED) is 0.323. The second-order valence-electron chi connectivity index (χ2n) is 1.65. The van der Waals surface area contributed by atoms with Gasteiger partial charge in [0.2, 0.25) is 0 Å². The minimum absolute atomic E-state index is 0.00831. The van der Waals surface area contributed by atoms with Crippen molar-refractivity contribution in [3.8, 4) is 0 Å². The van der Waals surface area contributed by atoms with Crippen molar-refractivity contribution in [3.05, 3.63) is 0 Å². The van der Waals surface area contributed by atoms with Gasteiger partial charge in [-0.2, -0.15) is 0 Å². The van der Waals surface area contributed by atoms with Gasteiger partial charge in [0.25, 0.3) is 0 Å². The summed E-state index contributed by atoms with van der Waals surface area (Å²) in [6.07, 6.45) is 0. The van der Waals surface area contributed by atoms with E-state index < -0.39 is 21.0 Å². The van der Waals surface area contributed by atoms with Crippen LogP contribution in [0.3, 0.4) is 0 Å². The van der Waals surface area contributed by atoms with Crippen molar-refractivity contribution < 1.29 is 17.8 Å². The van der Waals surface area contributed by atoms with Crippen LogP contribution in [0.15, 0.2) is 0 Å². The fraction of sp³-hybridized carbons (Fsp3) is 0.667. The number of rotatable bonds is 4. The molecule has 0 saturated heterocycles. The van der Waals surface area contributed by atoms with Crippen molar-refractivity contribution in [2.45, 2.75) is 6.04 Å². The van der Waals surface area contributed by atoms with Gasteiger partial charge in [-0.15, -0.1) is 0 Å². The molecule has 8 heteroatoms. The van der Waals surface area contributed by atoms with Crippen molar-refractivity contribution in [2.75, 3.05) is 5.75 Å². The number of nitrogens with one attached hydrogen (secondary N) is 1. The molecule has 2 N–H and O–H groups in total. The predicted octanol–water partition coefficient (Wildman–Crippen LogP) is -1.63. The van der Waals surface area contributed by atoms with E-state index in [-0.39, 0.29) is 5.75 Å². The first kappa shape index (κ1) is 11.4. The maximum absolute atomic E-state index is 10.5. The number of hydrogen-bond acceptors (Lipinski definition) is 4. The van der Waals surface area contributed by atoms with Crippen LogP contribution in [-0.2, 0) is 15.1 Å². The molecule has 0 heterocycles. The first-order valence-electron chi connectivity index (χ1n) is 2.43. The summed E-state index contributed by atoms with van der Waals surface area (Å²) in [7, 11) is -4.32. The van der Waals surface area contributed by atoms with Gasteiger partial charge in [0.1, 0.15) is 0 Å². The van der Waals surface area contributed by atoms with E-state index in [2.05, 4.69) is 28.6 Å². The Kier molecular flexibility index (Phi) is 4.60. The number of carbonyl (C=O) groups is 1. The third kappa shape index (κ3) is 5.66. The topological polar surface area (TPSA) is 83.5 Å². The van der Waals surface area contributed by atoms with Gasteiger partial charge in [-0.25, -0.2) is 0 Å². The van der Waals surface area contributed by atoms with E-state index in [0.29, 0.717) is 0 Å². The zero-order chi connectivity index (χ0) is 9.07. The van der Waals surface area contributed by atoms with Gasteiger partial charge in [0, 0.05) is 0 Å². The van der Waals surface area contributed by atoms with Crippen molar-refractivity contribution in [2.24, 2.45) is 0 Å². The fourth-order valence-corrected chi connectivity index (χ4v) is 2.01. The van der Waals surface area contributed by atoms with Crippen LogP contribution in [0.2, 0.25) is 0 Å². The maximum atomic E-state index is 10.5. The summed E-state index contributed by atoms with van der Waals surface area (Å²) in [4.78, 5) is 10.5. The summed E-state index contributed by atoms with van der Waals surface area (Å²) in [5.41, 5.74) is 0. The Morgan fingerprint density at radius 1 is 1.73 bits per heavy atom. The van der Waals surface area contributed by atoms with E-state index >= 15 is 0 Å². The van der Waals surface area contributed by atoms with Crippen LogP contribution < -0.4 is 4.72 Å². The number of hydrogen-bond donors (Lipinski definition) is 3. The molecule has 0 rings (SSSR count). The molecule has 1 atom stereocenters. The fourth-order valence-electron chi connectivity index (χ4n) is 0.340. The first-order valence-corrected chi connectivity index (χ1v) is 5.36.